The van der Waals surface area contributed by atoms with Crippen LogP contribution in [0.2, 0.25) is 0 Å². The SMILES string of the molecule is COc1cc2cc(Oc3cccc(NC(=O)Nc4ccc(N5CCC(CC(C)C(N)=O)CC5)c(C(F)(F)F)c4)c3)cnc2cc1OC. The van der Waals surface area contributed by atoms with E-state index < -0.39 is 17.8 Å². The van der Waals surface area contributed by atoms with Crippen LogP contribution in [0.1, 0.15) is 31.7 Å². The van der Waals surface area contributed by atoms with Crippen molar-refractivity contribution < 1.29 is 37.0 Å². The van der Waals surface area contributed by atoms with Crippen molar-refractivity contribution in [3.05, 3.63) is 72.4 Å². The van der Waals surface area contributed by atoms with E-state index in [1.807, 2.05) is 0 Å². The fourth-order valence-corrected chi connectivity index (χ4v) is 5.70. The van der Waals surface area contributed by atoms with Gasteiger partial charge in [-0.3, -0.25) is 9.78 Å². The molecule has 248 valence electrons. The van der Waals surface area contributed by atoms with E-state index in [4.69, 9.17) is 19.9 Å². The first-order valence-corrected chi connectivity index (χ1v) is 15.1. The minimum Gasteiger partial charge on any atom is -0.493 e. The molecular formula is C34H36F3N5O5. The molecule has 0 saturated carbocycles. The van der Waals surface area contributed by atoms with Gasteiger partial charge in [-0.25, -0.2) is 4.79 Å². The van der Waals surface area contributed by atoms with Gasteiger partial charge in [-0.2, -0.15) is 13.2 Å². The standard InChI is InChI=1S/C34H36F3N5O5/c1-20(32(38)43)13-21-9-11-42(12-10-21)29-8-7-24(17-27(29)34(35,36)37)41-33(44)40-23-5-4-6-25(16-23)47-26-14-22-15-30(45-2)31(46-3)18-28(22)39-19-26/h4-8,14-21H,9-13H2,1-3H3,(H2,38,43)(H2,40,41,44). The van der Waals surface area contributed by atoms with Gasteiger partial charge in [0, 0.05) is 53.6 Å². The number of pyridine rings is 1. The van der Waals surface area contributed by atoms with Crippen molar-refractivity contribution in [3.8, 4) is 23.0 Å². The second-order valence-corrected chi connectivity index (χ2v) is 11.5. The number of nitrogens with two attached hydrogens (primary N) is 1. The van der Waals surface area contributed by atoms with E-state index >= 15 is 0 Å². The molecule has 0 radical (unpaired) electrons. The summed E-state index contributed by atoms with van der Waals surface area (Å²) in [5.41, 5.74) is 5.62. The Bertz CT molecular complexity index is 1760. The van der Waals surface area contributed by atoms with E-state index in [9.17, 15) is 22.8 Å². The van der Waals surface area contributed by atoms with E-state index in [2.05, 4.69) is 15.6 Å². The number of rotatable bonds is 10. The Morgan fingerprint density at radius 1 is 0.957 bits per heavy atom. The van der Waals surface area contributed by atoms with Crippen molar-refractivity contribution in [1.29, 1.82) is 0 Å². The first-order valence-electron chi connectivity index (χ1n) is 15.1. The Labute approximate surface area is 270 Å². The predicted octanol–water partition coefficient (Wildman–Crippen LogP) is 7.44. The maximum absolute atomic E-state index is 14.2. The van der Waals surface area contributed by atoms with E-state index in [1.54, 1.807) is 74.7 Å². The largest absolute Gasteiger partial charge is 0.493 e. The summed E-state index contributed by atoms with van der Waals surface area (Å²) in [6.07, 6.45) is -1.16. The quantitative estimate of drug-likeness (QED) is 0.163. The number of urea groups is 1. The molecule has 0 aliphatic carbocycles. The second-order valence-electron chi connectivity index (χ2n) is 11.5. The summed E-state index contributed by atoms with van der Waals surface area (Å²) < 4.78 is 59.1. The molecule has 1 unspecified atom stereocenters. The normalized spacial score (nSPS) is 14.4. The van der Waals surface area contributed by atoms with Gasteiger partial charge in [-0.1, -0.05) is 13.0 Å². The number of methoxy groups -OCH3 is 2. The molecular weight excluding hydrogens is 615 g/mol. The van der Waals surface area contributed by atoms with E-state index in [-0.39, 0.29) is 29.1 Å². The number of primary amides is 1. The highest BCUT2D eigenvalue weighted by molar-refractivity contribution is 6.00. The maximum atomic E-state index is 14.2. The second kappa shape index (κ2) is 14.1. The highest BCUT2D eigenvalue weighted by atomic mass is 19.4. The summed E-state index contributed by atoms with van der Waals surface area (Å²) >= 11 is 0. The fraction of sp³-hybridized carbons (Fsp3) is 0.324. The Morgan fingerprint density at radius 3 is 2.30 bits per heavy atom. The van der Waals surface area contributed by atoms with Crippen LogP contribution in [-0.2, 0) is 11.0 Å². The third kappa shape index (κ3) is 8.15. The molecule has 1 aliphatic rings. The van der Waals surface area contributed by atoms with Crippen LogP contribution in [-0.4, -0.2) is 44.2 Å². The van der Waals surface area contributed by atoms with Gasteiger partial charge in [-0.05, 0) is 67.6 Å². The number of alkyl halides is 3. The molecule has 4 aromatic rings. The molecule has 4 N–H and O–H groups in total. The summed E-state index contributed by atoms with van der Waals surface area (Å²) in [6.45, 7) is 2.61. The molecule has 1 atom stereocenters. The molecule has 3 amide bonds. The number of benzene rings is 3. The van der Waals surface area contributed by atoms with Gasteiger partial charge < -0.3 is 35.5 Å². The molecule has 0 spiro atoms. The Kier molecular flexibility index (Phi) is 9.92. The first-order chi connectivity index (χ1) is 22.4. The van der Waals surface area contributed by atoms with E-state index in [0.717, 1.165) is 11.5 Å². The van der Waals surface area contributed by atoms with Crippen LogP contribution in [0.3, 0.4) is 0 Å². The number of carbonyl (C=O) groups is 2. The number of halogens is 3. The number of ether oxygens (including phenoxy) is 3. The van der Waals surface area contributed by atoms with Crippen LogP contribution in [0.4, 0.5) is 35.0 Å². The highest BCUT2D eigenvalue weighted by Crippen LogP contribution is 2.40. The molecule has 1 fully saturated rings. The number of fused-ring (bicyclic) bond motifs is 1. The lowest BCUT2D eigenvalue weighted by atomic mass is 9.87. The molecule has 1 saturated heterocycles. The van der Waals surface area contributed by atoms with Gasteiger partial charge in [0.15, 0.2) is 11.5 Å². The maximum Gasteiger partial charge on any atom is 0.418 e. The zero-order valence-corrected chi connectivity index (χ0v) is 26.2. The minimum atomic E-state index is -4.64. The molecule has 13 heteroatoms. The van der Waals surface area contributed by atoms with Crippen LogP contribution >= 0.6 is 0 Å². The van der Waals surface area contributed by atoms with Gasteiger partial charge in [0.05, 0.1) is 31.5 Å². The highest BCUT2D eigenvalue weighted by Gasteiger charge is 2.36. The number of nitrogens with zero attached hydrogens (tertiary/aromatic N) is 2. The Morgan fingerprint density at radius 2 is 1.64 bits per heavy atom. The van der Waals surface area contributed by atoms with E-state index in [1.165, 1.54) is 12.1 Å². The number of nitrogens with one attached hydrogen (secondary N) is 2. The Hall–Kier alpha value is -5.20. The summed E-state index contributed by atoms with van der Waals surface area (Å²) in [5, 5.41) is 5.90. The van der Waals surface area contributed by atoms with Gasteiger partial charge in [0.25, 0.3) is 0 Å². The average Bonchev–Trinajstić information content (AvgIpc) is 3.04. The predicted molar refractivity (Wildman–Crippen MR) is 173 cm³/mol. The monoisotopic (exact) mass is 651 g/mol. The lowest BCUT2D eigenvalue weighted by Crippen LogP contribution is -2.36. The molecule has 5 rings (SSSR count). The van der Waals surface area contributed by atoms with Crippen molar-refractivity contribution in [2.45, 2.75) is 32.4 Å². The van der Waals surface area contributed by atoms with Crippen molar-refractivity contribution in [1.82, 2.24) is 4.98 Å². The Balaban J connectivity index is 1.24. The van der Waals surface area contributed by atoms with Gasteiger partial charge >= 0.3 is 12.2 Å². The van der Waals surface area contributed by atoms with Crippen LogP contribution in [0.25, 0.3) is 10.9 Å². The summed E-state index contributed by atoms with van der Waals surface area (Å²) in [7, 11) is 3.08. The number of hydrogen-bond donors (Lipinski definition) is 3. The lowest BCUT2D eigenvalue weighted by Gasteiger charge is -2.35. The minimum absolute atomic E-state index is 0.00885. The summed E-state index contributed by atoms with van der Waals surface area (Å²) in [5.74, 6) is 1.50. The van der Waals surface area contributed by atoms with Crippen molar-refractivity contribution in [2.75, 3.05) is 42.8 Å². The molecule has 47 heavy (non-hydrogen) atoms. The number of piperidine rings is 1. The lowest BCUT2D eigenvalue weighted by molar-refractivity contribution is -0.137. The first kappa shape index (κ1) is 33.2. The fourth-order valence-electron chi connectivity index (χ4n) is 5.70. The van der Waals surface area contributed by atoms with Crippen LogP contribution in [0.15, 0.2) is 66.9 Å². The molecule has 1 aromatic heterocycles. The molecule has 0 bridgehead atoms. The number of aromatic nitrogens is 1. The van der Waals surface area contributed by atoms with Gasteiger partial charge in [0.1, 0.15) is 11.5 Å². The van der Waals surface area contributed by atoms with Crippen LogP contribution in [0, 0.1) is 11.8 Å². The molecule has 2 heterocycles. The van der Waals surface area contributed by atoms with Crippen LogP contribution < -0.4 is 35.5 Å². The van der Waals surface area contributed by atoms with Crippen LogP contribution in [0.5, 0.6) is 23.0 Å². The molecule has 1 aliphatic heterocycles. The number of anilines is 3. The molecule has 10 nitrogen and oxygen atoms in total. The number of hydrogen-bond acceptors (Lipinski definition) is 7. The zero-order valence-electron chi connectivity index (χ0n) is 26.2. The van der Waals surface area contributed by atoms with Crippen molar-refractivity contribution >= 4 is 39.9 Å². The molecule has 3 aromatic carbocycles. The third-order valence-electron chi connectivity index (χ3n) is 8.18. The van der Waals surface area contributed by atoms with Crippen molar-refractivity contribution in [2.24, 2.45) is 17.6 Å². The third-order valence-corrected chi connectivity index (χ3v) is 8.18. The topological polar surface area (TPSA) is 128 Å². The number of carbonyl (C=O) groups excluding carboxylic acids is 2. The number of amides is 3. The zero-order chi connectivity index (χ0) is 33.7. The summed E-state index contributed by atoms with van der Waals surface area (Å²) in [6, 6.07) is 14.9. The van der Waals surface area contributed by atoms with E-state index in [0.29, 0.717) is 66.6 Å². The average molecular weight is 652 g/mol. The summed E-state index contributed by atoms with van der Waals surface area (Å²) in [4.78, 5) is 30.3. The smallest absolute Gasteiger partial charge is 0.418 e. The van der Waals surface area contributed by atoms with Gasteiger partial charge in [0.2, 0.25) is 5.91 Å². The van der Waals surface area contributed by atoms with Crippen molar-refractivity contribution in [3.63, 3.8) is 0 Å². The van der Waals surface area contributed by atoms with Gasteiger partial charge in [-0.15, -0.1) is 0 Å².